The number of anilines is 1. The van der Waals surface area contributed by atoms with Crippen LogP contribution in [0.1, 0.15) is 6.42 Å². The van der Waals surface area contributed by atoms with E-state index in [1.165, 1.54) is 7.11 Å². The number of hydrogen-bond acceptors (Lipinski definition) is 3. The van der Waals surface area contributed by atoms with Gasteiger partial charge in [-0.25, -0.2) is 4.39 Å². The van der Waals surface area contributed by atoms with Gasteiger partial charge in [0, 0.05) is 30.4 Å². The number of amides is 1. The number of likely N-dealkylation sites (tertiary alicyclic amines) is 1. The Morgan fingerprint density at radius 3 is 2.85 bits per heavy atom. The molecule has 0 radical (unpaired) electrons. The van der Waals surface area contributed by atoms with Crippen LogP contribution >= 0.6 is 15.9 Å². The summed E-state index contributed by atoms with van der Waals surface area (Å²) in [6, 6.07) is 7.35. The molecule has 1 N–H and O–H groups in total. The Kier molecular flexibility index (Phi) is 5.12. The smallest absolute Gasteiger partial charge is 0.238 e. The van der Waals surface area contributed by atoms with Crippen LogP contribution in [0, 0.1) is 0 Å². The van der Waals surface area contributed by atoms with Gasteiger partial charge in [0.1, 0.15) is 5.67 Å². The molecule has 20 heavy (non-hydrogen) atoms. The molecule has 1 saturated heterocycles. The van der Waals surface area contributed by atoms with Crippen molar-refractivity contribution in [3.63, 3.8) is 0 Å². The van der Waals surface area contributed by atoms with Gasteiger partial charge < -0.3 is 10.1 Å². The Bertz CT molecular complexity index is 469. The van der Waals surface area contributed by atoms with Crippen LogP contribution in [0.3, 0.4) is 0 Å². The molecule has 1 aliphatic heterocycles. The summed E-state index contributed by atoms with van der Waals surface area (Å²) < 4.78 is 20.0. The van der Waals surface area contributed by atoms with E-state index in [-0.39, 0.29) is 25.6 Å². The fourth-order valence-electron chi connectivity index (χ4n) is 2.37. The lowest BCUT2D eigenvalue weighted by molar-refractivity contribution is -0.117. The zero-order valence-corrected chi connectivity index (χ0v) is 13.0. The van der Waals surface area contributed by atoms with Crippen LogP contribution < -0.4 is 5.32 Å². The maximum absolute atomic E-state index is 14.2. The third-order valence-corrected chi connectivity index (χ3v) is 3.81. The molecular formula is C14H18BrFN2O2. The van der Waals surface area contributed by atoms with Gasteiger partial charge in [-0.2, -0.15) is 0 Å². The first-order chi connectivity index (χ1) is 9.50. The van der Waals surface area contributed by atoms with Gasteiger partial charge >= 0.3 is 0 Å². The van der Waals surface area contributed by atoms with Gasteiger partial charge in [0.25, 0.3) is 0 Å². The number of hydrogen-bond donors (Lipinski definition) is 1. The molecule has 110 valence electrons. The summed E-state index contributed by atoms with van der Waals surface area (Å²) in [4.78, 5) is 13.7. The first kappa shape index (κ1) is 15.4. The zero-order chi connectivity index (χ0) is 14.6. The molecule has 4 nitrogen and oxygen atoms in total. The molecule has 1 amide bonds. The lowest BCUT2D eigenvalue weighted by atomic mass is 10.1. The molecule has 0 aromatic heterocycles. The number of ether oxygens (including phenoxy) is 1. The van der Waals surface area contributed by atoms with Crippen molar-refractivity contribution in [3.05, 3.63) is 28.7 Å². The molecular weight excluding hydrogens is 327 g/mol. The van der Waals surface area contributed by atoms with Crippen LogP contribution in [-0.4, -0.2) is 49.8 Å². The van der Waals surface area contributed by atoms with Crippen molar-refractivity contribution >= 4 is 27.5 Å². The maximum atomic E-state index is 14.2. The van der Waals surface area contributed by atoms with Crippen molar-refractivity contribution in [2.45, 2.75) is 12.1 Å². The number of rotatable bonds is 5. The van der Waals surface area contributed by atoms with Crippen molar-refractivity contribution in [1.82, 2.24) is 4.90 Å². The Hall–Kier alpha value is -0.980. The number of carbonyl (C=O) groups excluding carboxylic acids is 1. The fraction of sp³-hybridized carbons (Fsp3) is 0.500. The number of methoxy groups -OCH3 is 1. The van der Waals surface area contributed by atoms with Crippen LogP contribution in [0.25, 0.3) is 0 Å². The number of benzene rings is 1. The Labute approximate surface area is 126 Å². The van der Waals surface area contributed by atoms with Crippen molar-refractivity contribution in [1.29, 1.82) is 0 Å². The molecule has 1 atom stereocenters. The van der Waals surface area contributed by atoms with E-state index >= 15 is 0 Å². The number of carbonyl (C=O) groups is 1. The minimum absolute atomic E-state index is 0.0812. The summed E-state index contributed by atoms with van der Waals surface area (Å²) in [7, 11) is 1.49. The molecule has 2 rings (SSSR count). The number of alkyl halides is 1. The molecule has 0 saturated carbocycles. The number of nitrogens with one attached hydrogen (secondary N) is 1. The minimum atomic E-state index is -1.33. The van der Waals surface area contributed by atoms with Crippen LogP contribution in [0.2, 0.25) is 0 Å². The van der Waals surface area contributed by atoms with Gasteiger partial charge in [-0.1, -0.05) is 15.9 Å². The summed E-state index contributed by atoms with van der Waals surface area (Å²) >= 11 is 3.34. The summed E-state index contributed by atoms with van der Waals surface area (Å²) in [6.07, 6.45) is 0.409. The first-order valence-electron chi connectivity index (χ1n) is 6.46. The van der Waals surface area contributed by atoms with E-state index < -0.39 is 5.67 Å². The standard InChI is InChI=1S/C14H18BrFN2O2/c1-20-10-14(16)6-7-18(9-14)8-13(19)17-12-4-2-11(15)3-5-12/h2-5H,6-10H2,1H3,(H,17,19). The quantitative estimate of drug-likeness (QED) is 0.891. The second kappa shape index (κ2) is 6.65. The second-order valence-electron chi connectivity index (χ2n) is 5.10. The van der Waals surface area contributed by atoms with Crippen molar-refractivity contribution in [2.24, 2.45) is 0 Å². The van der Waals surface area contributed by atoms with E-state index in [2.05, 4.69) is 21.2 Å². The highest BCUT2D eigenvalue weighted by molar-refractivity contribution is 9.10. The fourth-order valence-corrected chi connectivity index (χ4v) is 2.63. The Balaban J connectivity index is 1.82. The molecule has 6 heteroatoms. The molecule has 0 bridgehead atoms. The van der Waals surface area contributed by atoms with Gasteiger partial charge in [0.05, 0.1) is 13.2 Å². The largest absolute Gasteiger partial charge is 0.381 e. The monoisotopic (exact) mass is 344 g/mol. The Morgan fingerprint density at radius 1 is 1.50 bits per heavy atom. The third kappa shape index (κ3) is 4.26. The molecule has 1 aliphatic rings. The predicted molar refractivity (Wildman–Crippen MR) is 79.5 cm³/mol. The van der Waals surface area contributed by atoms with Crippen LogP contribution in [-0.2, 0) is 9.53 Å². The number of nitrogens with zero attached hydrogens (tertiary/aromatic N) is 1. The normalized spacial score (nSPS) is 22.9. The van der Waals surface area contributed by atoms with Crippen molar-refractivity contribution < 1.29 is 13.9 Å². The summed E-state index contributed by atoms with van der Waals surface area (Å²) in [5.41, 5.74) is -0.590. The lowest BCUT2D eigenvalue weighted by Crippen LogP contribution is -2.36. The molecule has 0 aliphatic carbocycles. The first-order valence-corrected chi connectivity index (χ1v) is 7.26. The van der Waals surface area contributed by atoms with Gasteiger partial charge in [-0.05, 0) is 30.7 Å². The average molecular weight is 345 g/mol. The third-order valence-electron chi connectivity index (χ3n) is 3.28. The minimum Gasteiger partial charge on any atom is -0.381 e. The predicted octanol–water partition coefficient (Wildman–Crippen LogP) is 2.45. The highest BCUT2D eigenvalue weighted by Gasteiger charge is 2.38. The highest BCUT2D eigenvalue weighted by Crippen LogP contribution is 2.25. The van der Waals surface area contributed by atoms with Crippen molar-refractivity contribution in [2.75, 3.05) is 38.7 Å². The molecule has 1 aromatic rings. The van der Waals surface area contributed by atoms with E-state index in [1.807, 2.05) is 29.2 Å². The lowest BCUT2D eigenvalue weighted by Gasteiger charge is -2.19. The molecule has 1 aromatic carbocycles. The summed E-state index contributed by atoms with van der Waals surface area (Å²) in [5, 5.41) is 2.80. The average Bonchev–Trinajstić information content (AvgIpc) is 2.74. The van der Waals surface area contributed by atoms with E-state index in [4.69, 9.17) is 4.74 Å². The van der Waals surface area contributed by atoms with Crippen LogP contribution in [0.15, 0.2) is 28.7 Å². The molecule has 0 spiro atoms. The SMILES string of the molecule is COCC1(F)CCN(CC(=O)Nc2ccc(Br)cc2)C1. The second-order valence-corrected chi connectivity index (χ2v) is 6.02. The van der Waals surface area contributed by atoms with Gasteiger partial charge in [0.15, 0.2) is 0 Å². The molecule has 1 heterocycles. The van der Waals surface area contributed by atoms with E-state index in [1.54, 1.807) is 0 Å². The number of halogens is 2. The van der Waals surface area contributed by atoms with E-state index in [9.17, 15) is 9.18 Å². The Morgan fingerprint density at radius 2 is 2.20 bits per heavy atom. The van der Waals surface area contributed by atoms with E-state index in [0.717, 1.165) is 10.2 Å². The zero-order valence-electron chi connectivity index (χ0n) is 11.4. The molecule has 1 unspecified atom stereocenters. The van der Waals surface area contributed by atoms with Crippen LogP contribution in [0.4, 0.5) is 10.1 Å². The highest BCUT2D eigenvalue weighted by atomic mass is 79.9. The van der Waals surface area contributed by atoms with Crippen molar-refractivity contribution in [3.8, 4) is 0 Å². The topological polar surface area (TPSA) is 41.6 Å². The molecule has 1 fully saturated rings. The van der Waals surface area contributed by atoms with E-state index in [0.29, 0.717) is 13.0 Å². The van der Waals surface area contributed by atoms with Crippen LogP contribution in [0.5, 0.6) is 0 Å². The summed E-state index contributed by atoms with van der Waals surface area (Å²) in [6.45, 7) is 1.10. The van der Waals surface area contributed by atoms with Gasteiger partial charge in [-0.3, -0.25) is 9.69 Å². The van der Waals surface area contributed by atoms with Gasteiger partial charge in [0.2, 0.25) is 5.91 Å². The maximum Gasteiger partial charge on any atom is 0.238 e. The van der Waals surface area contributed by atoms with Gasteiger partial charge in [-0.15, -0.1) is 0 Å². The summed E-state index contributed by atoms with van der Waals surface area (Å²) in [5.74, 6) is -0.131.